The third kappa shape index (κ3) is 3.79. The largest absolute Gasteiger partial charge is 0.298 e. The van der Waals surface area contributed by atoms with Crippen molar-refractivity contribution in [3.05, 3.63) is 0 Å². The second kappa shape index (κ2) is 4.86. The molecule has 15 heavy (non-hydrogen) atoms. The molecular formula is C14H29N. The zero-order chi connectivity index (χ0) is 11.5. The molecule has 1 nitrogen and oxygen atoms in total. The highest BCUT2D eigenvalue weighted by molar-refractivity contribution is 4.90. The SMILES string of the molecule is CCC(C)(CC(C)(C)C)N1CCCCC1. The van der Waals surface area contributed by atoms with Gasteiger partial charge >= 0.3 is 0 Å². The Morgan fingerprint density at radius 2 is 1.47 bits per heavy atom. The number of hydrogen-bond acceptors (Lipinski definition) is 1. The standard InChI is InChI=1S/C14H29N/c1-6-14(5,12-13(2,3)4)15-10-8-7-9-11-15/h6-12H2,1-5H3. The summed E-state index contributed by atoms with van der Waals surface area (Å²) in [5.41, 5.74) is 0.876. The molecule has 0 aromatic heterocycles. The van der Waals surface area contributed by atoms with Crippen LogP contribution in [0.15, 0.2) is 0 Å². The highest BCUT2D eigenvalue weighted by atomic mass is 15.2. The molecule has 0 spiro atoms. The summed E-state index contributed by atoms with van der Waals surface area (Å²) in [5.74, 6) is 0. The smallest absolute Gasteiger partial charge is 0.0183 e. The van der Waals surface area contributed by atoms with Crippen molar-refractivity contribution in [2.45, 2.75) is 72.3 Å². The second-order valence-electron chi connectivity index (χ2n) is 6.64. The first-order chi connectivity index (χ1) is 6.87. The summed E-state index contributed by atoms with van der Waals surface area (Å²) in [5, 5.41) is 0. The molecule has 1 unspecified atom stereocenters. The predicted octanol–water partition coefficient (Wildman–Crippen LogP) is 4.08. The lowest BCUT2D eigenvalue weighted by Gasteiger charge is -2.46. The van der Waals surface area contributed by atoms with Crippen molar-refractivity contribution in [2.24, 2.45) is 5.41 Å². The lowest BCUT2D eigenvalue weighted by Crippen LogP contribution is -2.50. The van der Waals surface area contributed by atoms with Crippen LogP contribution in [0, 0.1) is 5.41 Å². The van der Waals surface area contributed by atoms with E-state index in [4.69, 9.17) is 0 Å². The summed E-state index contributed by atoms with van der Waals surface area (Å²) >= 11 is 0. The molecule has 0 bridgehead atoms. The maximum atomic E-state index is 2.74. The fraction of sp³-hybridized carbons (Fsp3) is 1.00. The average molecular weight is 211 g/mol. The lowest BCUT2D eigenvalue weighted by atomic mass is 9.77. The summed E-state index contributed by atoms with van der Waals surface area (Å²) < 4.78 is 0. The minimum Gasteiger partial charge on any atom is -0.298 e. The van der Waals surface area contributed by atoms with Crippen molar-refractivity contribution >= 4 is 0 Å². The number of nitrogens with zero attached hydrogens (tertiary/aromatic N) is 1. The molecule has 0 saturated carbocycles. The zero-order valence-electron chi connectivity index (χ0n) is 11.4. The number of piperidine rings is 1. The Kier molecular flexibility index (Phi) is 4.22. The fourth-order valence-electron chi connectivity index (χ4n) is 3.04. The molecule has 1 fully saturated rings. The molecule has 0 radical (unpaired) electrons. The molecule has 0 aromatic rings. The molecule has 1 saturated heterocycles. The monoisotopic (exact) mass is 211 g/mol. The minimum atomic E-state index is 0.429. The van der Waals surface area contributed by atoms with E-state index in [1.165, 1.54) is 45.2 Å². The molecule has 0 amide bonds. The second-order valence-corrected chi connectivity index (χ2v) is 6.64. The van der Waals surface area contributed by atoms with Gasteiger partial charge in [-0.2, -0.15) is 0 Å². The van der Waals surface area contributed by atoms with Crippen LogP contribution in [0.1, 0.15) is 66.7 Å². The van der Waals surface area contributed by atoms with Crippen molar-refractivity contribution in [1.29, 1.82) is 0 Å². The van der Waals surface area contributed by atoms with Crippen LogP contribution in [-0.2, 0) is 0 Å². The highest BCUT2D eigenvalue weighted by Gasteiger charge is 2.34. The third-order valence-corrected chi connectivity index (χ3v) is 3.79. The van der Waals surface area contributed by atoms with E-state index in [9.17, 15) is 0 Å². The van der Waals surface area contributed by atoms with E-state index in [2.05, 4.69) is 39.5 Å². The van der Waals surface area contributed by atoms with E-state index < -0.39 is 0 Å². The van der Waals surface area contributed by atoms with Crippen LogP contribution < -0.4 is 0 Å². The van der Waals surface area contributed by atoms with Crippen molar-refractivity contribution in [3.8, 4) is 0 Å². The minimum absolute atomic E-state index is 0.429. The van der Waals surface area contributed by atoms with Crippen LogP contribution in [0.3, 0.4) is 0 Å². The van der Waals surface area contributed by atoms with Crippen molar-refractivity contribution < 1.29 is 0 Å². The van der Waals surface area contributed by atoms with E-state index in [0.717, 1.165) is 0 Å². The van der Waals surface area contributed by atoms with Gasteiger partial charge in [0.1, 0.15) is 0 Å². The number of rotatable bonds is 3. The van der Waals surface area contributed by atoms with E-state index in [1.54, 1.807) is 0 Å². The molecule has 1 heterocycles. The lowest BCUT2D eigenvalue weighted by molar-refractivity contribution is 0.0419. The van der Waals surface area contributed by atoms with E-state index in [1.807, 2.05) is 0 Å². The average Bonchev–Trinajstić information content (AvgIpc) is 2.16. The topological polar surface area (TPSA) is 3.24 Å². The van der Waals surface area contributed by atoms with Crippen molar-refractivity contribution in [3.63, 3.8) is 0 Å². The van der Waals surface area contributed by atoms with Gasteiger partial charge in [-0.3, -0.25) is 4.90 Å². The Hall–Kier alpha value is -0.0400. The Morgan fingerprint density at radius 3 is 1.87 bits per heavy atom. The Morgan fingerprint density at radius 1 is 0.933 bits per heavy atom. The molecule has 1 aliphatic heterocycles. The van der Waals surface area contributed by atoms with Gasteiger partial charge in [-0.1, -0.05) is 34.1 Å². The molecule has 1 rings (SSSR count). The first-order valence-corrected chi connectivity index (χ1v) is 6.62. The highest BCUT2D eigenvalue weighted by Crippen LogP contribution is 2.35. The van der Waals surface area contributed by atoms with Crippen LogP contribution in [0.5, 0.6) is 0 Å². The van der Waals surface area contributed by atoms with Gasteiger partial charge in [0.05, 0.1) is 0 Å². The first-order valence-electron chi connectivity index (χ1n) is 6.62. The van der Waals surface area contributed by atoms with Crippen molar-refractivity contribution in [1.82, 2.24) is 4.90 Å². The summed E-state index contributed by atoms with van der Waals surface area (Å²) in [4.78, 5) is 2.74. The van der Waals surface area contributed by atoms with Crippen LogP contribution in [-0.4, -0.2) is 23.5 Å². The van der Waals surface area contributed by atoms with Crippen LogP contribution >= 0.6 is 0 Å². The van der Waals surface area contributed by atoms with E-state index in [-0.39, 0.29) is 0 Å². The molecule has 1 atom stereocenters. The van der Waals surface area contributed by atoms with Gasteiger partial charge in [0.2, 0.25) is 0 Å². The maximum Gasteiger partial charge on any atom is 0.0183 e. The summed E-state index contributed by atoms with van der Waals surface area (Å²) in [6.07, 6.45) is 6.84. The molecule has 0 aromatic carbocycles. The third-order valence-electron chi connectivity index (χ3n) is 3.79. The van der Waals surface area contributed by atoms with Gasteiger partial charge in [-0.25, -0.2) is 0 Å². The quantitative estimate of drug-likeness (QED) is 0.680. The predicted molar refractivity (Wildman–Crippen MR) is 68.2 cm³/mol. The van der Waals surface area contributed by atoms with Crippen molar-refractivity contribution in [2.75, 3.05) is 13.1 Å². The van der Waals surface area contributed by atoms with Gasteiger partial charge < -0.3 is 0 Å². The Labute approximate surface area is 96.2 Å². The Balaban J connectivity index is 2.65. The molecule has 0 aliphatic carbocycles. The molecular weight excluding hydrogens is 182 g/mol. The molecule has 1 heteroatoms. The first kappa shape index (κ1) is 13.0. The van der Waals surface area contributed by atoms with E-state index >= 15 is 0 Å². The van der Waals surface area contributed by atoms with Gasteiger partial charge in [-0.05, 0) is 51.1 Å². The molecule has 90 valence electrons. The van der Waals surface area contributed by atoms with Crippen LogP contribution in [0.2, 0.25) is 0 Å². The van der Waals surface area contributed by atoms with Gasteiger partial charge in [0, 0.05) is 5.54 Å². The van der Waals surface area contributed by atoms with E-state index in [0.29, 0.717) is 11.0 Å². The summed E-state index contributed by atoms with van der Waals surface area (Å²) in [6, 6.07) is 0. The zero-order valence-corrected chi connectivity index (χ0v) is 11.4. The Bertz CT molecular complexity index is 186. The maximum absolute atomic E-state index is 2.74. The molecule has 1 aliphatic rings. The number of hydrogen-bond donors (Lipinski definition) is 0. The van der Waals surface area contributed by atoms with Crippen LogP contribution in [0.25, 0.3) is 0 Å². The van der Waals surface area contributed by atoms with Gasteiger partial charge in [0.25, 0.3) is 0 Å². The van der Waals surface area contributed by atoms with Gasteiger partial charge in [-0.15, -0.1) is 0 Å². The summed E-state index contributed by atoms with van der Waals surface area (Å²) in [6.45, 7) is 14.5. The van der Waals surface area contributed by atoms with Gasteiger partial charge in [0.15, 0.2) is 0 Å². The summed E-state index contributed by atoms with van der Waals surface area (Å²) in [7, 11) is 0. The fourth-order valence-corrected chi connectivity index (χ4v) is 3.04. The molecule has 0 N–H and O–H groups in total. The normalized spacial score (nSPS) is 23.8. The number of likely N-dealkylation sites (tertiary alicyclic amines) is 1. The van der Waals surface area contributed by atoms with Crippen LogP contribution in [0.4, 0.5) is 0 Å².